The number of benzene rings is 1. The molecule has 0 bridgehead atoms. The number of amides is 1. The van der Waals surface area contributed by atoms with Crippen molar-refractivity contribution >= 4 is 15.9 Å². The Bertz CT molecular complexity index is 807. The molecule has 7 nitrogen and oxygen atoms in total. The molecule has 0 fully saturated rings. The van der Waals surface area contributed by atoms with Crippen LogP contribution in [0.15, 0.2) is 39.8 Å². The van der Waals surface area contributed by atoms with Gasteiger partial charge in [0, 0.05) is 13.1 Å². The minimum Gasteiger partial charge on any atom is -0.360 e. The number of likely N-dealkylation sites (N-methyl/N-ethyl adjacent to an activating group) is 1. The SMILES string of the molecule is CCN(CC)C(=O)[C@@H](NS(=O)(=O)c1c(C)noc1C)c1ccccc1. The van der Waals surface area contributed by atoms with Crippen molar-refractivity contribution in [3.05, 3.63) is 47.3 Å². The number of carbonyl (C=O) groups excluding carboxylic acids is 1. The predicted molar refractivity (Wildman–Crippen MR) is 93.4 cm³/mol. The van der Waals surface area contributed by atoms with Gasteiger partial charge in [0.2, 0.25) is 15.9 Å². The Labute approximate surface area is 148 Å². The fourth-order valence-corrected chi connectivity index (χ4v) is 4.20. The van der Waals surface area contributed by atoms with E-state index in [1.807, 2.05) is 19.9 Å². The molecule has 0 saturated heterocycles. The highest BCUT2D eigenvalue weighted by atomic mass is 32.2. The van der Waals surface area contributed by atoms with Crippen LogP contribution in [0.1, 0.15) is 36.9 Å². The smallest absolute Gasteiger partial charge is 0.247 e. The number of aryl methyl sites for hydroxylation is 2. The molecule has 0 aliphatic carbocycles. The van der Waals surface area contributed by atoms with Crippen molar-refractivity contribution < 1.29 is 17.7 Å². The van der Waals surface area contributed by atoms with Crippen LogP contribution in [-0.4, -0.2) is 37.5 Å². The van der Waals surface area contributed by atoms with Gasteiger partial charge < -0.3 is 9.42 Å². The monoisotopic (exact) mass is 365 g/mol. The van der Waals surface area contributed by atoms with E-state index >= 15 is 0 Å². The van der Waals surface area contributed by atoms with Crippen molar-refractivity contribution in [3.8, 4) is 0 Å². The zero-order chi connectivity index (χ0) is 18.6. The highest BCUT2D eigenvalue weighted by Crippen LogP contribution is 2.23. The van der Waals surface area contributed by atoms with Crippen molar-refractivity contribution in [2.24, 2.45) is 0 Å². The third kappa shape index (κ3) is 4.08. The van der Waals surface area contributed by atoms with E-state index in [2.05, 4.69) is 9.88 Å². The first-order valence-corrected chi connectivity index (χ1v) is 9.59. The molecular formula is C17H23N3O4S. The maximum absolute atomic E-state index is 12.9. The number of rotatable bonds is 7. The van der Waals surface area contributed by atoms with Crippen LogP contribution in [0.2, 0.25) is 0 Å². The molecule has 1 N–H and O–H groups in total. The molecule has 2 aromatic rings. The van der Waals surface area contributed by atoms with E-state index in [0.717, 1.165) is 0 Å². The number of carbonyl (C=O) groups is 1. The summed E-state index contributed by atoms with van der Waals surface area (Å²) in [5.41, 5.74) is 0.835. The summed E-state index contributed by atoms with van der Waals surface area (Å²) in [5, 5.41) is 3.69. The zero-order valence-electron chi connectivity index (χ0n) is 14.8. The van der Waals surface area contributed by atoms with E-state index in [0.29, 0.717) is 18.7 Å². The second kappa shape index (κ2) is 7.79. The molecule has 1 amide bonds. The summed E-state index contributed by atoms with van der Waals surface area (Å²) in [4.78, 5) is 14.4. The molecule has 0 saturated carbocycles. The standard InChI is InChI=1S/C17H23N3O4S/c1-5-20(6-2)17(21)15(14-10-8-7-9-11-14)19-25(22,23)16-12(3)18-24-13(16)4/h7-11,15,19H,5-6H2,1-4H3/t15-/m0/s1. The van der Waals surface area contributed by atoms with Crippen molar-refractivity contribution in [1.82, 2.24) is 14.8 Å². The second-order valence-electron chi connectivity index (χ2n) is 5.63. The third-order valence-corrected chi connectivity index (χ3v) is 5.63. The maximum atomic E-state index is 12.9. The van der Waals surface area contributed by atoms with Crippen molar-refractivity contribution in [1.29, 1.82) is 0 Å². The molecule has 1 aromatic carbocycles. The van der Waals surface area contributed by atoms with E-state index in [1.165, 1.54) is 6.92 Å². The first-order chi connectivity index (χ1) is 11.8. The molecule has 136 valence electrons. The van der Waals surface area contributed by atoms with Gasteiger partial charge in [0.15, 0.2) is 5.76 Å². The van der Waals surface area contributed by atoms with Crippen LogP contribution in [0.4, 0.5) is 0 Å². The van der Waals surface area contributed by atoms with Gasteiger partial charge in [-0.05, 0) is 33.3 Å². The Hall–Kier alpha value is -2.19. The summed E-state index contributed by atoms with van der Waals surface area (Å²) in [6.07, 6.45) is 0. The van der Waals surface area contributed by atoms with E-state index in [1.54, 1.807) is 36.1 Å². The lowest BCUT2D eigenvalue weighted by Gasteiger charge is -2.26. The Balaban J connectivity index is 2.45. The van der Waals surface area contributed by atoms with E-state index < -0.39 is 16.1 Å². The molecule has 8 heteroatoms. The number of nitrogens with zero attached hydrogens (tertiary/aromatic N) is 2. The number of nitrogens with one attached hydrogen (secondary N) is 1. The summed E-state index contributed by atoms with van der Waals surface area (Å²) in [7, 11) is -3.97. The largest absolute Gasteiger partial charge is 0.360 e. The summed E-state index contributed by atoms with van der Waals surface area (Å²) >= 11 is 0. The van der Waals surface area contributed by atoms with Gasteiger partial charge in [0.05, 0.1) is 0 Å². The average Bonchev–Trinajstić information content (AvgIpc) is 2.94. The minimum atomic E-state index is -3.97. The van der Waals surface area contributed by atoms with Crippen LogP contribution in [0.3, 0.4) is 0 Å². The Kier molecular flexibility index (Phi) is 5.97. The van der Waals surface area contributed by atoms with E-state index in [-0.39, 0.29) is 22.3 Å². The summed E-state index contributed by atoms with van der Waals surface area (Å²) in [6, 6.07) is 7.78. The molecule has 2 rings (SSSR count). The lowest BCUT2D eigenvalue weighted by molar-refractivity contribution is -0.132. The highest BCUT2D eigenvalue weighted by Gasteiger charge is 2.32. The van der Waals surface area contributed by atoms with Crippen LogP contribution < -0.4 is 4.72 Å². The van der Waals surface area contributed by atoms with Gasteiger partial charge in [-0.3, -0.25) is 4.79 Å². The molecular weight excluding hydrogens is 342 g/mol. The number of aromatic nitrogens is 1. The topological polar surface area (TPSA) is 92.5 Å². The lowest BCUT2D eigenvalue weighted by atomic mass is 10.1. The van der Waals surface area contributed by atoms with Gasteiger partial charge in [-0.25, -0.2) is 8.42 Å². The van der Waals surface area contributed by atoms with E-state index in [9.17, 15) is 13.2 Å². The molecule has 0 aliphatic heterocycles. The minimum absolute atomic E-state index is 0.0271. The molecule has 1 aromatic heterocycles. The van der Waals surface area contributed by atoms with Crippen LogP contribution in [-0.2, 0) is 14.8 Å². The van der Waals surface area contributed by atoms with Gasteiger partial charge in [-0.2, -0.15) is 4.72 Å². The quantitative estimate of drug-likeness (QED) is 0.812. The van der Waals surface area contributed by atoms with Gasteiger partial charge in [0.1, 0.15) is 16.6 Å². The van der Waals surface area contributed by atoms with Crippen LogP contribution in [0, 0.1) is 13.8 Å². The third-order valence-electron chi connectivity index (χ3n) is 3.96. The van der Waals surface area contributed by atoms with Crippen LogP contribution in [0.5, 0.6) is 0 Å². The van der Waals surface area contributed by atoms with Gasteiger partial charge in [-0.15, -0.1) is 0 Å². The molecule has 0 aliphatic rings. The van der Waals surface area contributed by atoms with Crippen molar-refractivity contribution in [2.45, 2.75) is 38.6 Å². The molecule has 0 spiro atoms. The van der Waals surface area contributed by atoms with Gasteiger partial charge in [-0.1, -0.05) is 35.5 Å². The fourth-order valence-electron chi connectivity index (χ4n) is 2.70. The number of sulfonamides is 1. The second-order valence-corrected chi connectivity index (χ2v) is 7.28. The summed E-state index contributed by atoms with van der Waals surface area (Å²) in [5.74, 6) is -0.112. The van der Waals surface area contributed by atoms with Crippen molar-refractivity contribution in [2.75, 3.05) is 13.1 Å². The number of hydrogen-bond donors (Lipinski definition) is 1. The van der Waals surface area contributed by atoms with E-state index in [4.69, 9.17) is 4.52 Å². The van der Waals surface area contributed by atoms with Gasteiger partial charge in [0.25, 0.3) is 0 Å². The normalized spacial score (nSPS) is 12.8. The summed E-state index contributed by atoms with van der Waals surface area (Å²) < 4.78 is 33.2. The average molecular weight is 365 g/mol. The fraction of sp³-hybridized carbons (Fsp3) is 0.412. The number of hydrogen-bond acceptors (Lipinski definition) is 5. The van der Waals surface area contributed by atoms with Crippen LogP contribution in [0.25, 0.3) is 0 Å². The molecule has 1 atom stereocenters. The predicted octanol–water partition coefficient (Wildman–Crippen LogP) is 2.18. The first-order valence-electron chi connectivity index (χ1n) is 8.10. The zero-order valence-corrected chi connectivity index (χ0v) is 15.6. The molecule has 25 heavy (non-hydrogen) atoms. The van der Waals surface area contributed by atoms with Crippen molar-refractivity contribution in [3.63, 3.8) is 0 Å². The summed E-state index contributed by atoms with van der Waals surface area (Å²) in [6.45, 7) is 7.77. The van der Waals surface area contributed by atoms with Crippen LogP contribution >= 0.6 is 0 Å². The maximum Gasteiger partial charge on any atom is 0.247 e. The molecule has 0 unspecified atom stereocenters. The Morgan fingerprint density at radius 1 is 1.20 bits per heavy atom. The first kappa shape index (κ1) is 19.1. The highest BCUT2D eigenvalue weighted by molar-refractivity contribution is 7.89. The Morgan fingerprint density at radius 3 is 2.28 bits per heavy atom. The lowest BCUT2D eigenvalue weighted by Crippen LogP contribution is -2.43. The Morgan fingerprint density at radius 2 is 1.80 bits per heavy atom. The molecule has 0 radical (unpaired) electrons. The molecule has 1 heterocycles. The van der Waals surface area contributed by atoms with Gasteiger partial charge >= 0.3 is 0 Å².